The second-order valence-electron chi connectivity index (χ2n) is 4.06. The Morgan fingerprint density at radius 1 is 1.33 bits per heavy atom. The number of halogens is 3. The Labute approximate surface area is 86.3 Å². The summed E-state index contributed by atoms with van der Waals surface area (Å²) in [6.45, 7) is 2.86. The van der Waals surface area contributed by atoms with E-state index in [1.165, 1.54) is 12.1 Å². The van der Waals surface area contributed by atoms with Crippen molar-refractivity contribution in [3.8, 4) is 0 Å². The fourth-order valence-corrected chi connectivity index (χ4v) is 1.84. The summed E-state index contributed by atoms with van der Waals surface area (Å²) < 4.78 is 37.3. The first-order valence-electron chi connectivity index (χ1n) is 4.91. The molecular formula is C11H12F3N. The van der Waals surface area contributed by atoms with Crippen molar-refractivity contribution in [2.75, 3.05) is 11.9 Å². The van der Waals surface area contributed by atoms with Gasteiger partial charge in [0.2, 0.25) is 0 Å². The van der Waals surface area contributed by atoms with Crippen LogP contribution in [0.25, 0.3) is 0 Å². The number of fused-ring (bicyclic) bond motifs is 1. The number of hydrogen-bond acceptors (Lipinski definition) is 1. The van der Waals surface area contributed by atoms with E-state index in [1.54, 1.807) is 0 Å². The largest absolute Gasteiger partial charge is 0.416 e. The first-order valence-corrected chi connectivity index (χ1v) is 4.91. The maximum absolute atomic E-state index is 12.4. The predicted molar refractivity (Wildman–Crippen MR) is 52.8 cm³/mol. The Morgan fingerprint density at radius 3 is 2.73 bits per heavy atom. The molecule has 0 aliphatic carbocycles. The van der Waals surface area contributed by atoms with Gasteiger partial charge in [-0.25, -0.2) is 0 Å². The van der Waals surface area contributed by atoms with E-state index in [-0.39, 0.29) is 0 Å². The maximum atomic E-state index is 12.4. The Morgan fingerprint density at radius 2 is 2.07 bits per heavy atom. The summed E-state index contributed by atoms with van der Waals surface area (Å²) in [6.07, 6.45) is -3.53. The first kappa shape index (κ1) is 10.3. The fourth-order valence-electron chi connectivity index (χ4n) is 1.84. The second kappa shape index (κ2) is 3.43. The number of hydrogen-bond donors (Lipinski definition) is 1. The van der Waals surface area contributed by atoms with E-state index in [0.29, 0.717) is 12.3 Å². The van der Waals surface area contributed by atoms with Gasteiger partial charge in [-0.05, 0) is 36.1 Å². The summed E-state index contributed by atoms with van der Waals surface area (Å²) in [5, 5.41) is 3.12. The average molecular weight is 215 g/mol. The van der Waals surface area contributed by atoms with Crippen LogP contribution in [0.4, 0.5) is 18.9 Å². The number of anilines is 1. The molecule has 1 aliphatic rings. The topological polar surface area (TPSA) is 12.0 Å². The molecular weight excluding hydrogens is 203 g/mol. The van der Waals surface area contributed by atoms with Crippen LogP contribution in [-0.4, -0.2) is 6.54 Å². The monoisotopic (exact) mass is 215 g/mol. The van der Waals surface area contributed by atoms with Gasteiger partial charge < -0.3 is 5.32 Å². The molecule has 1 aromatic rings. The third-order valence-electron chi connectivity index (χ3n) is 2.64. The fraction of sp³-hybridized carbons (Fsp3) is 0.455. The van der Waals surface area contributed by atoms with Gasteiger partial charge in [-0.15, -0.1) is 0 Å². The van der Waals surface area contributed by atoms with Crippen LogP contribution >= 0.6 is 0 Å². The summed E-state index contributed by atoms with van der Waals surface area (Å²) in [5.41, 5.74) is 1.04. The summed E-state index contributed by atoms with van der Waals surface area (Å²) in [7, 11) is 0. The zero-order valence-corrected chi connectivity index (χ0v) is 8.36. The third-order valence-corrected chi connectivity index (χ3v) is 2.64. The van der Waals surface area contributed by atoms with Crippen molar-refractivity contribution in [3.63, 3.8) is 0 Å². The molecule has 15 heavy (non-hydrogen) atoms. The van der Waals surface area contributed by atoms with Gasteiger partial charge >= 0.3 is 6.18 Å². The van der Waals surface area contributed by atoms with Crippen molar-refractivity contribution in [1.82, 2.24) is 0 Å². The molecule has 1 N–H and O–H groups in total. The van der Waals surface area contributed by atoms with Crippen molar-refractivity contribution >= 4 is 5.69 Å². The van der Waals surface area contributed by atoms with Crippen LogP contribution < -0.4 is 5.32 Å². The van der Waals surface area contributed by atoms with Gasteiger partial charge in [0.25, 0.3) is 0 Å². The number of benzene rings is 1. The molecule has 0 bridgehead atoms. The highest BCUT2D eigenvalue weighted by atomic mass is 19.4. The zero-order valence-electron chi connectivity index (χ0n) is 8.36. The summed E-state index contributed by atoms with van der Waals surface area (Å²) in [4.78, 5) is 0. The van der Waals surface area contributed by atoms with E-state index >= 15 is 0 Å². The number of rotatable bonds is 0. The van der Waals surface area contributed by atoms with Gasteiger partial charge in [0, 0.05) is 12.2 Å². The van der Waals surface area contributed by atoms with Crippen molar-refractivity contribution in [2.45, 2.75) is 19.5 Å². The van der Waals surface area contributed by atoms with Crippen LogP contribution in [0, 0.1) is 5.92 Å². The predicted octanol–water partition coefficient (Wildman–Crippen LogP) is 3.31. The van der Waals surface area contributed by atoms with E-state index in [2.05, 4.69) is 5.32 Å². The summed E-state index contributed by atoms with van der Waals surface area (Å²) in [5.74, 6) is 0.390. The van der Waals surface area contributed by atoms with Crippen LogP contribution in [0.2, 0.25) is 0 Å². The summed E-state index contributed by atoms with van der Waals surface area (Å²) in [6, 6.07) is 3.89. The molecule has 82 valence electrons. The SMILES string of the molecule is CC1CNc2ccc(C(F)(F)F)cc2C1. The quantitative estimate of drug-likeness (QED) is 0.700. The van der Waals surface area contributed by atoms with Crippen molar-refractivity contribution in [3.05, 3.63) is 29.3 Å². The van der Waals surface area contributed by atoms with E-state index in [1.807, 2.05) is 6.92 Å². The second-order valence-corrected chi connectivity index (χ2v) is 4.06. The molecule has 0 aromatic heterocycles. The lowest BCUT2D eigenvalue weighted by Crippen LogP contribution is -2.21. The van der Waals surface area contributed by atoms with E-state index < -0.39 is 11.7 Å². The highest BCUT2D eigenvalue weighted by Crippen LogP contribution is 2.33. The van der Waals surface area contributed by atoms with Crippen LogP contribution in [0.5, 0.6) is 0 Å². The minimum absolute atomic E-state index is 0.390. The molecule has 1 nitrogen and oxygen atoms in total. The smallest absolute Gasteiger partial charge is 0.385 e. The number of nitrogens with one attached hydrogen (secondary N) is 1. The normalized spacial score (nSPS) is 20.7. The molecule has 1 atom stereocenters. The highest BCUT2D eigenvalue weighted by molar-refractivity contribution is 5.55. The van der Waals surface area contributed by atoms with Gasteiger partial charge in [0.1, 0.15) is 0 Å². The average Bonchev–Trinajstić information content (AvgIpc) is 2.15. The molecule has 1 heterocycles. The van der Waals surface area contributed by atoms with Crippen LogP contribution in [0.1, 0.15) is 18.1 Å². The van der Waals surface area contributed by atoms with Crippen molar-refractivity contribution in [1.29, 1.82) is 0 Å². The minimum Gasteiger partial charge on any atom is -0.385 e. The maximum Gasteiger partial charge on any atom is 0.416 e. The molecule has 0 fully saturated rings. The lowest BCUT2D eigenvalue weighted by Gasteiger charge is -2.24. The molecule has 4 heteroatoms. The van der Waals surface area contributed by atoms with Gasteiger partial charge in [-0.2, -0.15) is 13.2 Å². The van der Waals surface area contributed by atoms with Crippen LogP contribution in [-0.2, 0) is 12.6 Å². The minimum atomic E-state index is -4.24. The summed E-state index contributed by atoms with van der Waals surface area (Å²) >= 11 is 0. The van der Waals surface area contributed by atoms with E-state index in [4.69, 9.17) is 0 Å². The molecule has 0 spiro atoms. The molecule has 0 saturated heterocycles. The lowest BCUT2D eigenvalue weighted by atomic mass is 9.94. The van der Waals surface area contributed by atoms with Crippen molar-refractivity contribution in [2.24, 2.45) is 5.92 Å². The molecule has 2 rings (SSSR count). The first-order chi connectivity index (χ1) is 6.97. The standard InChI is InChI=1S/C11H12F3N/c1-7-4-8-5-9(11(12,13)14)2-3-10(8)15-6-7/h2-3,5,7,15H,4,6H2,1H3. The van der Waals surface area contributed by atoms with Gasteiger partial charge in [0.05, 0.1) is 5.56 Å². The van der Waals surface area contributed by atoms with E-state index in [9.17, 15) is 13.2 Å². The Hall–Kier alpha value is -1.19. The third kappa shape index (κ3) is 2.08. The molecule has 0 radical (unpaired) electrons. The lowest BCUT2D eigenvalue weighted by molar-refractivity contribution is -0.137. The van der Waals surface area contributed by atoms with Crippen molar-refractivity contribution < 1.29 is 13.2 Å². The Kier molecular flexibility index (Phi) is 2.37. The zero-order chi connectivity index (χ0) is 11.1. The Balaban J connectivity index is 2.37. The van der Waals surface area contributed by atoms with Gasteiger partial charge in [-0.3, -0.25) is 0 Å². The van der Waals surface area contributed by atoms with Gasteiger partial charge in [0.15, 0.2) is 0 Å². The molecule has 1 unspecified atom stereocenters. The van der Waals surface area contributed by atoms with Crippen LogP contribution in [0.15, 0.2) is 18.2 Å². The number of alkyl halides is 3. The molecule has 1 aromatic carbocycles. The van der Waals surface area contributed by atoms with Crippen LogP contribution in [0.3, 0.4) is 0 Å². The molecule has 0 saturated carbocycles. The molecule has 0 amide bonds. The highest BCUT2D eigenvalue weighted by Gasteiger charge is 2.31. The Bertz CT molecular complexity index is 371. The van der Waals surface area contributed by atoms with Gasteiger partial charge in [-0.1, -0.05) is 6.92 Å². The van der Waals surface area contributed by atoms with E-state index in [0.717, 1.165) is 23.9 Å². The molecule has 1 aliphatic heterocycles.